The molecule has 2 aliphatic carbocycles. The van der Waals surface area contributed by atoms with Gasteiger partial charge in [-0.15, -0.1) is 0 Å². The van der Waals surface area contributed by atoms with Crippen molar-refractivity contribution in [3.63, 3.8) is 0 Å². The minimum atomic E-state index is 0.269. The van der Waals surface area contributed by atoms with Crippen LogP contribution in [-0.2, 0) is 0 Å². The van der Waals surface area contributed by atoms with Gasteiger partial charge in [0.15, 0.2) is 0 Å². The molecule has 1 atom stereocenters. The molecule has 2 nitrogen and oxygen atoms in total. The Labute approximate surface area is 107 Å². The summed E-state index contributed by atoms with van der Waals surface area (Å²) >= 11 is 0. The Morgan fingerprint density at radius 3 is 2.24 bits per heavy atom. The summed E-state index contributed by atoms with van der Waals surface area (Å²) in [6.07, 6.45) is 10.2. The van der Waals surface area contributed by atoms with Gasteiger partial charge < -0.3 is 10.2 Å². The molecule has 1 N–H and O–H groups in total. The zero-order valence-electron chi connectivity index (χ0n) is 12.2. The van der Waals surface area contributed by atoms with E-state index in [0.717, 1.165) is 12.6 Å². The van der Waals surface area contributed by atoms with Crippen LogP contribution >= 0.6 is 0 Å². The predicted octanol–water partition coefficient (Wildman–Crippen LogP) is 3.03. The van der Waals surface area contributed by atoms with Crippen molar-refractivity contribution in [1.29, 1.82) is 0 Å². The summed E-state index contributed by atoms with van der Waals surface area (Å²) in [6.45, 7) is 5.77. The standard InChI is InChI=1S/C15H30N2/c1-14(2,17(3)4)12-16-13-8-11-15(13)9-6-5-7-10-15/h13,16H,5-12H2,1-4H3. The molecule has 0 aromatic rings. The Hall–Kier alpha value is -0.0800. The second-order valence-corrected chi connectivity index (χ2v) is 7.10. The molecule has 0 radical (unpaired) electrons. The van der Waals surface area contributed by atoms with E-state index in [4.69, 9.17) is 0 Å². The van der Waals surface area contributed by atoms with Crippen molar-refractivity contribution in [2.45, 2.75) is 70.4 Å². The Morgan fingerprint density at radius 2 is 1.76 bits per heavy atom. The van der Waals surface area contributed by atoms with Crippen LogP contribution in [0.5, 0.6) is 0 Å². The molecule has 0 aliphatic heterocycles. The maximum atomic E-state index is 3.86. The number of hydrogen-bond acceptors (Lipinski definition) is 2. The second-order valence-electron chi connectivity index (χ2n) is 7.10. The van der Waals surface area contributed by atoms with Crippen LogP contribution < -0.4 is 5.32 Å². The highest BCUT2D eigenvalue weighted by Crippen LogP contribution is 2.51. The van der Waals surface area contributed by atoms with E-state index in [1.54, 1.807) is 0 Å². The third kappa shape index (κ3) is 2.68. The summed E-state index contributed by atoms with van der Waals surface area (Å²) in [5.41, 5.74) is 0.964. The highest BCUT2D eigenvalue weighted by Gasteiger charge is 2.46. The first-order chi connectivity index (χ1) is 7.96. The molecule has 2 fully saturated rings. The number of nitrogens with zero attached hydrogens (tertiary/aromatic N) is 1. The van der Waals surface area contributed by atoms with Crippen molar-refractivity contribution in [3.05, 3.63) is 0 Å². The highest BCUT2D eigenvalue weighted by molar-refractivity contribution is 5.02. The average Bonchev–Trinajstić information content (AvgIpc) is 2.28. The lowest BCUT2D eigenvalue weighted by atomic mass is 9.57. The van der Waals surface area contributed by atoms with Crippen molar-refractivity contribution in [2.24, 2.45) is 5.41 Å². The van der Waals surface area contributed by atoms with Crippen molar-refractivity contribution in [2.75, 3.05) is 20.6 Å². The van der Waals surface area contributed by atoms with Gasteiger partial charge in [-0.05, 0) is 59.0 Å². The topological polar surface area (TPSA) is 15.3 Å². The Morgan fingerprint density at radius 1 is 1.12 bits per heavy atom. The van der Waals surface area contributed by atoms with Gasteiger partial charge in [0.05, 0.1) is 0 Å². The van der Waals surface area contributed by atoms with Gasteiger partial charge in [0.1, 0.15) is 0 Å². The zero-order valence-corrected chi connectivity index (χ0v) is 12.2. The fourth-order valence-electron chi connectivity index (χ4n) is 3.40. The van der Waals surface area contributed by atoms with E-state index in [2.05, 4.69) is 38.2 Å². The van der Waals surface area contributed by atoms with Crippen LogP contribution in [0, 0.1) is 5.41 Å². The average molecular weight is 238 g/mol. The second kappa shape index (κ2) is 4.89. The van der Waals surface area contributed by atoms with Gasteiger partial charge in [-0.1, -0.05) is 19.3 Å². The lowest BCUT2D eigenvalue weighted by molar-refractivity contribution is 0.0154. The van der Waals surface area contributed by atoms with Gasteiger partial charge in [-0.2, -0.15) is 0 Å². The van der Waals surface area contributed by atoms with Crippen molar-refractivity contribution in [3.8, 4) is 0 Å². The van der Waals surface area contributed by atoms with Crippen LogP contribution in [0.1, 0.15) is 58.8 Å². The Balaban J connectivity index is 1.84. The van der Waals surface area contributed by atoms with E-state index in [1.807, 2.05) is 0 Å². The molecule has 2 rings (SSSR count). The van der Waals surface area contributed by atoms with E-state index in [-0.39, 0.29) is 5.54 Å². The van der Waals surface area contributed by atoms with Gasteiger partial charge in [0.25, 0.3) is 0 Å². The Kier molecular flexibility index (Phi) is 3.84. The molecule has 1 spiro atoms. The molecule has 0 aromatic carbocycles. The number of rotatable bonds is 4. The number of hydrogen-bond donors (Lipinski definition) is 1. The number of nitrogens with one attached hydrogen (secondary N) is 1. The fourth-order valence-corrected chi connectivity index (χ4v) is 3.40. The molecule has 2 saturated carbocycles. The van der Waals surface area contributed by atoms with Crippen LogP contribution in [0.2, 0.25) is 0 Å². The van der Waals surface area contributed by atoms with Gasteiger partial charge in [0.2, 0.25) is 0 Å². The minimum Gasteiger partial charge on any atom is -0.312 e. The van der Waals surface area contributed by atoms with Crippen molar-refractivity contribution < 1.29 is 0 Å². The molecule has 0 saturated heterocycles. The molecule has 0 aromatic heterocycles. The number of likely N-dealkylation sites (N-methyl/N-ethyl adjacent to an activating group) is 1. The van der Waals surface area contributed by atoms with Gasteiger partial charge in [-0.3, -0.25) is 0 Å². The van der Waals surface area contributed by atoms with Gasteiger partial charge in [-0.25, -0.2) is 0 Å². The first kappa shape index (κ1) is 13.4. The maximum absolute atomic E-state index is 3.86. The van der Waals surface area contributed by atoms with E-state index < -0.39 is 0 Å². The molecule has 2 aliphatic rings. The molecule has 0 heterocycles. The molecular formula is C15H30N2. The van der Waals surface area contributed by atoms with Crippen molar-refractivity contribution >= 4 is 0 Å². The van der Waals surface area contributed by atoms with E-state index in [9.17, 15) is 0 Å². The third-order valence-corrected chi connectivity index (χ3v) is 5.51. The molecule has 2 heteroatoms. The lowest BCUT2D eigenvalue weighted by Gasteiger charge is -2.53. The third-order valence-electron chi connectivity index (χ3n) is 5.51. The van der Waals surface area contributed by atoms with Crippen LogP contribution in [0.3, 0.4) is 0 Å². The first-order valence-electron chi connectivity index (χ1n) is 7.37. The van der Waals surface area contributed by atoms with E-state index in [1.165, 1.54) is 44.9 Å². The molecule has 1 unspecified atom stereocenters. The van der Waals surface area contributed by atoms with E-state index >= 15 is 0 Å². The van der Waals surface area contributed by atoms with Gasteiger partial charge >= 0.3 is 0 Å². The lowest BCUT2D eigenvalue weighted by Crippen LogP contribution is -2.58. The predicted molar refractivity (Wildman–Crippen MR) is 74.3 cm³/mol. The zero-order chi connectivity index (χ0) is 12.5. The largest absolute Gasteiger partial charge is 0.312 e. The molecule has 17 heavy (non-hydrogen) atoms. The summed E-state index contributed by atoms with van der Waals surface area (Å²) in [7, 11) is 4.36. The van der Waals surface area contributed by atoms with Crippen molar-refractivity contribution in [1.82, 2.24) is 10.2 Å². The van der Waals surface area contributed by atoms with Gasteiger partial charge in [0, 0.05) is 18.1 Å². The fraction of sp³-hybridized carbons (Fsp3) is 1.00. The SMILES string of the molecule is CN(C)C(C)(C)CNC1CCC12CCCCC2. The molecular weight excluding hydrogens is 208 g/mol. The van der Waals surface area contributed by atoms with Crippen LogP contribution in [-0.4, -0.2) is 37.1 Å². The van der Waals surface area contributed by atoms with Crippen LogP contribution in [0.25, 0.3) is 0 Å². The summed E-state index contributed by atoms with van der Waals surface area (Å²) in [5.74, 6) is 0. The monoisotopic (exact) mass is 238 g/mol. The summed E-state index contributed by atoms with van der Waals surface area (Å²) < 4.78 is 0. The quantitative estimate of drug-likeness (QED) is 0.810. The molecule has 100 valence electrons. The maximum Gasteiger partial charge on any atom is 0.0271 e. The Bertz CT molecular complexity index is 252. The summed E-state index contributed by atoms with van der Waals surface area (Å²) in [4.78, 5) is 2.33. The summed E-state index contributed by atoms with van der Waals surface area (Å²) in [6, 6.07) is 0.807. The smallest absolute Gasteiger partial charge is 0.0271 e. The minimum absolute atomic E-state index is 0.269. The van der Waals surface area contributed by atoms with Crippen LogP contribution in [0.4, 0.5) is 0 Å². The normalized spacial score (nSPS) is 28.4. The summed E-state index contributed by atoms with van der Waals surface area (Å²) in [5, 5.41) is 3.86. The van der Waals surface area contributed by atoms with Crippen LogP contribution in [0.15, 0.2) is 0 Å². The first-order valence-corrected chi connectivity index (χ1v) is 7.37. The molecule has 0 bridgehead atoms. The molecule has 0 amide bonds. The highest BCUT2D eigenvalue weighted by atomic mass is 15.2. The van der Waals surface area contributed by atoms with E-state index in [0.29, 0.717) is 5.41 Å².